The molecule has 1 fully saturated rings. The van der Waals surface area contributed by atoms with Crippen LogP contribution in [0, 0.1) is 11.7 Å². The summed E-state index contributed by atoms with van der Waals surface area (Å²) < 4.78 is 19.3. The summed E-state index contributed by atoms with van der Waals surface area (Å²) in [6.07, 6.45) is 0.762. The molecule has 126 valence electrons. The molecule has 1 aliphatic heterocycles. The number of ketones is 1. The van der Waals surface area contributed by atoms with E-state index in [1.807, 2.05) is 20.8 Å². The Bertz CT molecular complexity index is 604. The summed E-state index contributed by atoms with van der Waals surface area (Å²) in [7, 11) is 0. The molecule has 1 saturated heterocycles. The van der Waals surface area contributed by atoms with Gasteiger partial charge in [-0.15, -0.1) is 0 Å². The van der Waals surface area contributed by atoms with Crippen molar-refractivity contribution in [2.45, 2.75) is 39.2 Å². The second-order valence-corrected chi connectivity index (χ2v) is 7.58. The molecule has 1 aromatic rings. The molecule has 1 heterocycles. The average Bonchev–Trinajstić information content (AvgIpc) is 2.47. The minimum Gasteiger partial charge on any atom is -0.444 e. The van der Waals surface area contributed by atoms with Crippen LogP contribution in [0.1, 0.15) is 44.0 Å². The number of rotatable bonds is 2. The SMILES string of the molecule is CC(C)(C)OC(=O)N1CCC(C(=O)c2cc(F)ccc2Br)CC1. The van der Waals surface area contributed by atoms with Crippen LogP contribution >= 0.6 is 15.9 Å². The Labute approximate surface area is 144 Å². The van der Waals surface area contributed by atoms with Crippen LogP contribution in [0.2, 0.25) is 0 Å². The van der Waals surface area contributed by atoms with E-state index in [1.165, 1.54) is 12.1 Å². The predicted molar refractivity (Wildman–Crippen MR) is 89.0 cm³/mol. The zero-order valence-corrected chi connectivity index (χ0v) is 15.2. The molecule has 0 atom stereocenters. The van der Waals surface area contributed by atoms with E-state index in [4.69, 9.17) is 4.74 Å². The second-order valence-electron chi connectivity index (χ2n) is 6.73. The Hall–Kier alpha value is -1.43. The van der Waals surface area contributed by atoms with Crippen molar-refractivity contribution in [2.75, 3.05) is 13.1 Å². The average molecular weight is 386 g/mol. The Morgan fingerprint density at radius 3 is 2.43 bits per heavy atom. The fourth-order valence-corrected chi connectivity index (χ4v) is 3.00. The Morgan fingerprint density at radius 1 is 1.26 bits per heavy atom. The third kappa shape index (κ3) is 4.77. The third-order valence-corrected chi connectivity index (χ3v) is 4.40. The van der Waals surface area contributed by atoms with E-state index in [0.717, 1.165) is 0 Å². The van der Waals surface area contributed by atoms with Gasteiger partial charge in [0.05, 0.1) is 0 Å². The maximum absolute atomic E-state index is 13.4. The van der Waals surface area contributed by atoms with Crippen molar-refractivity contribution in [2.24, 2.45) is 5.92 Å². The minimum absolute atomic E-state index is 0.0831. The zero-order valence-electron chi connectivity index (χ0n) is 13.6. The summed E-state index contributed by atoms with van der Waals surface area (Å²) in [4.78, 5) is 26.2. The molecule has 23 heavy (non-hydrogen) atoms. The predicted octanol–water partition coefficient (Wildman–Crippen LogP) is 4.42. The van der Waals surface area contributed by atoms with E-state index in [-0.39, 0.29) is 17.8 Å². The number of likely N-dealkylation sites (tertiary alicyclic amines) is 1. The zero-order chi connectivity index (χ0) is 17.2. The molecular weight excluding hydrogens is 365 g/mol. The molecule has 0 radical (unpaired) electrons. The fraction of sp³-hybridized carbons (Fsp3) is 0.529. The van der Waals surface area contributed by atoms with Crippen LogP contribution in [-0.4, -0.2) is 35.5 Å². The number of Topliss-reactive ketones (excluding diaryl/α,β-unsaturated/α-hetero) is 1. The van der Waals surface area contributed by atoms with E-state index in [9.17, 15) is 14.0 Å². The fourth-order valence-electron chi connectivity index (χ4n) is 2.56. The summed E-state index contributed by atoms with van der Waals surface area (Å²) >= 11 is 3.29. The highest BCUT2D eigenvalue weighted by atomic mass is 79.9. The van der Waals surface area contributed by atoms with Gasteiger partial charge in [0, 0.05) is 29.0 Å². The van der Waals surface area contributed by atoms with Crippen LogP contribution in [0.15, 0.2) is 22.7 Å². The van der Waals surface area contributed by atoms with E-state index >= 15 is 0 Å². The van der Waals surface area contributed by atoms with Crippen LogP contribution in [0.3, 0.4) is 0 Å². The van der Waals surface area contributed by atoms with Crippen LogP contribution in [0.4, 0.5) is 9.18 Å². The van der Waals surface area contributed by atoms with Crippen molar-refractivity contribution in [3.05, 3.63) is 34.1 Å². The number of halogens is 2. The van der Waals surface area contributed by atoms with Gasteiger partial charge in [-0.3, -0.25) is 4.79 Å². The summed E-state index contributed by atoms with van der Waals surface area (Å²) in [5.74, 6) is -0.713. The first-order valence-corrected chi connectivity index (χ1v) is 8.44. The van der Waals surface area contributed by atoms with E-state index in [0.29, 0.717) is 36.0 Å². The number of amides is 1. The number of hydrogen-bond donors (Lipinski definition) is 0. The molecule has 0 saturated carbocycles. The second kappa shape index (κ2) is 6.99. The molecule has 4 nitrogen and oxygen atoms in total. The maximum Gasteiger partial charge on any atom is 0.410 e. The highest BCUT2D eigenvalue weighted by Gasteiger charge is 2.31. The molecule has 1 aliphatic rings. The maximum atomic E-state index is 13.4. The highest BCUT2D eigenvalue weighted by molar-refractivity contribution is 9.10. The van der Waals surface area contributed by atoms with Crippen LogP contribution < -0.4 is 0 Å². The largest absolute Gasteiger partial charge is 0.444 e. The molecule has 0 aromatic heterocycles. The molecule has 1 amide bonds. The molecular formula is C17H21BrFNO3. The van der Waals surface area contributed by atoms with Crippen LogP contribution in [-0.2, 0) is 4.74 Å². The standard InChI is InChI=1S/C17H21BrFNO3/c1-17(2,3)23-16(22)20-8-6-11(7-9-20)15(21)13-10-12(19)4-5-14(13)18/h4-5,10-11H,6-9H2,1-3H3. The molecule has 0 unspecified atom stereocenters. The number of nitrogens with zero attached hydrogens (tertiary/aromatic N) is 1. The molecule has 2 rings (SSSR count). The first-order chi connectivity index (χ1) is 10.7. The lowest BCUT2D eigenvalue weighted by Crippen LogP contribution is -2.43. The number of piperidine rings is 1. The smallest absolute Gasteiger partial charge is 0.410 e. The van der Waals surface area contributed by atoms with Gasteiger partial charge in [-0.1, -0.05) is 15.9 Å². The first-order valence-electron chi connectivity index (χ1n) is 7.64. The quantitative estimate of drug-likeness (QED) is 0.707. The van der Waals surface area contributed by atoms with Crippen LogP contribution in [0.25, 0.3) is 0 Å². The molecule has 1 aromatic carbocycles. The lowest BCUT2D eigenvalue weighted by Gasteiger charge is -2.33. The minimum atomic E-state index is -0.532. The summed E-state index contributed by atoms with van der Waals surface area (Å²) in [6, 6.07) is 4.11. The summed E-state index contributed by atoms with van der Waals surface area (Å²) in [5.41, 5.74) is -0.170. The van der Waals surface area contributed by atoms with E-state index in [1.54, 1.807) is 11.0 Å². The Kier molecular flexibility index (Phi) is 5.45. The lowest BCUT2D eigenvalue weighted by molar-refractivity contribution is 0.0182. The van der Waals surface area contributed by atoms with E-state index in [2.05, 4.69) is 15.9 Å². The van der Waals surface area contributed by atoms with Crippen molar-refractivity contribution in [1.29, 1.82) is 0 Å². The number of benzene rings is 1. The van der Waals surface area contributed by atoms with Gasteiger partial charge in [0.1, 0.15) is 11.4 Å². The van der Waals surface area contributed by atoms with Gasteiger partial charge in [0.25, 0.3) is 0 Å². The van der Waals surface area contributed by atoms with Crippen molar-refractivity contribution in [3.63, 3.8) is 0 Å². The topological polar surface area (TPSA) is 46.6 Å². The number of carbonyl (C=O) groups is 2. The highest BCUT2D eigenvalue weighted by Crippen LogP contribution is 2.27. The van der Waals surface area contributed by atoms with Gasteiger partial charge in [0.15, 0.2) is 5.78 Å². The normalized spacial score (nSPS) is 16.3. The van der Waals surface area contributed by atoms with E-state index < -0.39 is 11.4 Å². The number of ether oxygens (including phenoxy) is 1. The summed E-state index contributed by atoms with van der Waals surface area (Å²) in [5, 5.41) is 0. The summed E-state index contributed by atoms with van der Waals surface area (Å²) in [6.45, 7) is 6.41. The van der Waals surface area contributed by atoms with Crippen molar-refractivity contribution in [3.8, 4) is 0 Å². The Morgan fingerprint density at radius 2 is 1.87 bits per heavy atom. The first kappa shape index (κ1) is 17.9. The number of hydrogen-bond acceptors (Lipinski definition) is 3. The van der Waals surface area contributed by atoms with Crippen molar-refractivity contribution < 1.29 is 18.7 Å². The monoisotopic (exact) mass is 385 g/mol. The Balaban J connectivity index is 1.97. The molecule has 0 N–H and O–H groups in total. The molecule has 0 spiro atoms. The van der Waals surface area contributed by atoms with Crippen molar-refractivity contribution in [1.82, 2.24) is 4.90 Å². The van der Waals surface area contributed by atoms with Gasteiger partial charge in [-0.05, 0) is 51.8 Å². The van der Waals surface area contributed by atoms with Gasteiger partial charge in [-0.25, -0.2) is 9.18 Å². The molecule has 0 aliphatic carbocycles. The third-order valence-electron chi connectivity index (χ3n) is 3.71. The van der Waals surface area contributed by atoms with Gasteiger partial charge >= 0.3 is 6.09 Å². The number of carbonyl (C=O) groups excluding carboxylic acids is 2. The van der Waals surface area contributed by atoms with Crippen molar-refractivity contribution >= 4 is 27.8 Å². The molecule has 0 bridgehead atoms. The molecule has 6 heteroatoms. The lowest BCUT2D eigenvalue weighted by atomic mass is 9.89. The van der Waals surface area contributed by atoms with Gasteiger partial charge in [0.2, 0.25) is 0 Å². The van der Waals surface area contributed by atoms with Gasteiger partial charge in [-0.2, -0.15) is 0 Å². The van der Waals surface area contributed by atoms with Gasteiger partial charge < -0.3 is 9.64 Å². The van der Waals surface area contributed by atoms with Crippen LogP contribution in [0.5, 0.6) is 0 Å².